The number of methoxy groups -OCH3 is 1. The first-order valence-electron chi connectivity index (χ1n) is 10.0. The molecule has 0 fully saturated rings. The van der Waals surface area contributed by atoms with E-state index in [4.69, 9.17) is 15.2 Å². The van der Waals surface area contributed by atoms with Crippen LogP contribution in [-0.4, -0.2) is 37.8 Å². The van der Waals surface area contributed by atoms with Gasteiger partial charge in [-0.2, -0.15) is 18.2 Å². The number of rotatable bonds is 8. The number of ether oxygens (including phenoxy) is 2. The van der Waals surface area contributed by atoms with E-state index in [0.29, 0.717) is 23.0 Å². The van der Waals surface area contributed by atoms with Crippen molar-refractivity contribution >= 4 is 34.6 Å². The van der Waals surface area contributed by atoms with Crippen molar-refractivity contribution in [3.05, 3.63) is 52.4 Å². The van der Waals surface area contributed by atoms with Crippen LogP contribution >= 0.6 is 11.8 Å². The molecule has 0 aliphatic carbocycles. The maximum atomic E-state index is 12.9. The van der Waals surface area contributed by atoms with Crippen molar-refractivity contribution in [1.29, 1.82) is 0 Å². The van der Waals surface area contributed by atoms with Gasteiger partial charge < -0.3 is 25.8 Å². The lowest BCUT2D eigenvalue weighted by atomic mass is 10.1. The molecule has 0 saturated heterocycles. The largest absolute Gasteiger partial charge is 0.493 e. The van der Waals surface area contributed by atoms with Crippen LogP contribution in [0.3, 0.4) is 0 Å². The van der Waals surface area contributed by atoms with Gasteiger partial charge in [0, 0.05) is 13.1 Å². The summed E-state index contributed by atoms with van der Waals surface area (Å²) in [7, 11) is 1.44. The Morgan fingerprint density at radius 2 is 1.88 bits per heavy atom. The predicted octanol–water partition coefficient (Wildman–Crippen LogP) is 4.89. The number of halogens is 3. The summed E-state index contributed by atoms with van der Waals surface area (Å²) in [5.74, 6) is 1.19. The second kappa shape index (κ2) is 10.6. The number of amides is 1. The number of anilines is 1. The minimum absolute atomic E-state index is 0.0728. The molecule has 3 rings (SSSR count). The van der Waals surface area contributed by atoms with Gasteiger partial charge in [-0.25, -0.2) is 0 Å². The summed E-state index contributed by atoms with van der Waals surface area (Å²) in [6.45, 7) is 4.19. The summed E-state index contributed by atoms with van der Waals surface area (Å²) >= 11 is 1.01. The number of nitrogens with one attached hydrogen (secondary N) is 2. The van der Waals surface area contributed by atoms with Gasteiger partial charge >= 0.3 is 11.4 Å². The highest BCUT2D eigenvalue weighted by Gasteiger charge is 2.31. The Hall–Kier alpha value is -3.18. The van der Waals surface area contributed by atoms with Crippen LogP contribution in [0.4, 0.5) is 23.7 Å². The Bertz CT molecular complexity index is 1090. The van der Waals surface area contributed by atoms with Gasteiger partial charge in [-0.3, -0.25) is 4.79 Å². The van der Waals surface area contributed by atoms with Gasteiger partial charge in [-0.05, 0) is 60.3 Å². The Kier molecular flexibility index (Phi) is 7.88. The monoisotopic (exact) mass is 480 g/mol. The third kappa shape index (κ3) is 6.42. The molecule has 0 unspecified atom stereocenters. The molecule has 0 saturated carbocycles. The van der Waals surface area contributed by atoms with Crippen molar-refractivity contribution in [3.8, 4) is 17.2 Å². The smallest absolute Gasteiger partial charge is 0.416 e. The number of hydrogen-bond acceptors (Lipinski definition) is 7. The summed E-state index contributed by atoms with van der Waals surface area (Å²) in [4.78, 5) is 16.5. The standard InChI is InChI=1S/C22H23F3N4O3S/c1-3-27-8-9-28-20-19(33-21(30)29-20)11-13-4-6-17(18(10-13)31-2)32-16-7-5-14(12-15(16)26)22(23,24)25/h4-7,10-12,27H,3,8-9,26H2,1-2H3,(H,28,29,30)/b19-11-. The van der Waals surface area contributed by atoms with Crippen molar-refractivity contribution < 1.29 is 27.4 Å². The number of carbonyl (C=O) groups excluding carboxylic acids is 1. The average molecular weight is 481 g/mol. The first-order chi connectivity index (χ1) is 15.7. The molecule has 0 bridgehead atoms. The minimum Gasteiger partial charge on any atom is -0.493 e. The fourth-order valence-corrected chi connectivity index (χ4v) is 3.66. The van der Waals surface area contributed by atoms with Crippen LogP contribution in [0.15, 0.2) is 46.3 Å². The Morgan fingerprint density at radius 1 is 1.12 bits per heavy atom. The lowest BCUT2D eigenvalue weighted by Gasteiger charge is -2.14. The third-order valence-corrected chi connectivity index (χ3v) is 5.32. The van der Waals surface area contributed by atoms with Crippen LogP contribution in [-0.2, 0) is 6.18 Å². The summed E-state index contributed by atoms with van der Waals surface area (Å²) in [5.41, 5.74) is 5.46. The lowest BCUT2D eigenvalue weighted by molar-refractivity contribution is -0.137. The Labute approximate surface area is 193 Å². The number of amidine groups is 1. The van der Waals surface area contributed by atoms with E-state index in [1.165, 1.54) is 7.11 Å². The number of nitrogens with two attached hydrogens (primary N) is 1. The lowest BCUT2D eigenvalue weighted by Crippen LogP contribution is -2.31. The number of nitrogen functional groups attached to an aromatic ring is 1. The van der Waals surface area contributed by atoms with Crippen LogP contribution in [0.1, 0.15) is 18.1 Å². The van der Waals surface area contributed by atoms with Gasteiger partial charge in [-0.1, -0.05) is 13.0 Å². The van der Waals surface area contributed by atoms with Crippen molar-refractivity contribution in [3.63, 3.8) is 0 Å². The molecule has 2 aromatic carbocycles. The molecule has 7 nitrogen and oxygen atoms in total. The third-order valence-electron chi connectivity index (χ3n) is 4.52. The SMILES string of the molecule is CCNCCNC1=NC(=O)S/C1=C\c1ccc(Oc2ccc(C(F)(F)F)cc2N)c(OC)c1. The normalized spacial score (nSPS) is 15.0. The van der Waals surface area contributed by atoms with E-state index in [-0.39, 0.29) is 22.4 Å². The minimum atomic E-state index is -4.50. The van der Waals surface area contributed by atoms with Crippen molar-refractivity contribution in [1.82, 2.24) is 10.6 Å². The molecule has 1 heterocycles. The Morgan fingerprint density at radius 3 is 2.55 bits per heavy atom. The van der Waals surface area contributed by atoms with E-state index in [1.54, 1.807) is 24.3 Å². The van der Waals surface area contributed by atoms with Crippen LogP contribution in [0.5, 0.6) is 17.2 Å². The number of aliphatic imine (C=N–C) groups is 1. The molecule has 2 aromatic rings. The van der Waals surface area contributed by atoms with Crippen LogP contribution in [0.25, 0.3) is 6.08 Å². The quantitative estimate of drug-likeness (QED) is 0.365. The maximum absolute atomic E-state index is 12.9. The van der Waals surface area contributed by atoms with E-state index >= 15 is 0 Å². The molecule has 1 amide bonds. The summed E-state index contributed by atoms with van der Waals surface area (Å²) in [5, 5.41) is 6.01. The van der Waals surface area contributed by atoms with E-state index in [9.17, 15) is 18.0 Å². The molecule has 11 heteroatoms. The summed E-state index contributed by atoms with van der Waals surface area (Å²) < 4.78 is 49.6. The molecular weight excluding hydrogens is 457 g/mol. The predicted molar refractivity (Wildman–Crippen MR) is 124 cm³/mol. The van der Waals surface area contributed by atoms with Gasteiger partial charge in [0.15, 0.2) is 17.2 Å². The zero-order chi connectivity index (χ0) is 24.0. The maximum Gasteiger partial charge on any atom is 0.416 e. The van der Waals surface area contributed by atoms with E-state index in [0.717, 1.165) is 48.6 Å². The number of likely N-dealkylation sites (N-methyl/N-ethyl adjacent to an activating group) is 1. The van der Waals surface area contributed by atoms with E-state index in [2.05, 4.69) is 15.6 Å². The summed E-state index contributed by atoms with van der Waals surface area (Å²) in [6.07, 6.45) is -2.71. The Balaban J connectivity index is 1.78. The van der Waals surface area contributed by atoms with E-state index < -0.39 is 11.7 Å². The molecule has 1 aliphatic rings. The molecule has 0 radical (unpaired) electrons. The highest BCUT2D eigenvalue weighted by Crippen LogP contribution is 2.39. The number of hydrogen-bond donors (Lipinski definition) is 3. The molecule has 33 heavy (non-hydrogen) atoms. The van der Waals surface area contributed by atoms with Gasteiger partial charge in [0.1, 0.15) is 5.84 Å². The zero-order valence-electron chi connectivity index (χ0n) is 18.0. The first kappa shape index (κ1) is 24.5. The first-order valence-corrected chi connectivity index (χ1v) is 10.8. The second-order valence-electron chi connectivity index (χ2n) is 6.88. The molecular formula is C22H23F3N4O3S. The number of alkyl halides is 3. The van der Waals surface area contributed by atoms with Gasteiger partial charge in [0.25, 0.3) is 0 Å². The van der Waals surface area contributed by atoms with Gasteiger partial charge in [-0.15, -0.1) is 0 Å². The van der Waals surface area contributed by atoms with Crippen LogP contribution in [0, 0.1) is 0 Å². The highest BCUT2D eigenvalue weighted by molar-refractivity contribution is 8.18. The number of benzene rings is 2. The second-order valence-corrected chi connectivity index (χ2v) is 7.87. The fourth-order valence-electron chi connectivity index (χ4n) is 2.93. The number of nitrogens with zero attached hydrogens (tertiary/aromatic N) is 1. The molecule has 1 aliphatic heterocycles. The van der Waals surface area contributed by atoms with Crippen molar-refractivity contribution in [2.45, 2.75) is 13.1 Å². The van der Waals surface area contributed by atoms with Crippen LogP contribution < -0.4 is 25.8 Å². The van der Waals surface area contributed by atoms with E-state index in [1.807, 2.05) is 6.92 Å². The molecule has 0 spiro atoms. The van der Waals surface area contributed by atoms with Crippen molar-refractivity contribution in [2.24, 2.45) is 4.99 Å². The molecule has 0 atom stereocenters. The van der Waals surface area contributed by atoms with Gasteiger partial charge in [0.2, 0.25) is 0 Å². The summed E-state index contributed by atoms with van der Waals surface area (Å²) in [6, 6.07) is 7.90. The number of carbonyl (C=O) groups is 1. The van der Waals surface area contributed by atoms with Gasteiger partial charge in [0.05, 0.1) is 23.3 Å². The topological polar surface area (TPSA) is 98.0 Å². The number of thioether (sulfide) groups is 1. The fraction of sp³-hybridized carbons (Fsp3) is 0.273. The molecule has 4 N–H and O–H groups in total. The highest BCUT2D eigenvalue weighted by atomic mass is 32.2. The molecule has 176 valence electrons. The van der Waals surface area contributed by atoms with Crippen molar-refractivity contribution in [2.75, 3.05) is 32.5 Å². The molecule has 0 aromatic heterocycles. The van der Waals surface area contributed by atoms with Crippen LogP contribution in [0.2, 0.25) is 0 Å². The average Bonchev–Trinajstić information content (AvgIpc) is 3.11. The zero-order valence-corrected chi connectivity index (χ0v) is 18.8.